The summed E-state index contributed by atoms with van der Waals surface area (Å²) in [4.78, 5) is 5.27. The SMILES string of the molecule is Fc1ccc2nc(C(F)(F)C(F)F)[nH]c2c1. The Morgan fingerprint density at radius 2 is 1.94 bits per heavy atom. The molecule has 0 atom stereocenters. The summed E-state index contributed by atoms with van der Waals surface area (Å²) in [7, 11) is 0. The van der Waals surface area contributed by atoms with Gasteiger partial charge in [-0.3, -0.25) is 0 Å². The molecule has 0 bridgehead atoms. The number of halogens is 5. The van der Waals surface area contributed by atoms with E-state index >= 15 is 0 Å². The molecule has 2 rings (SSSR count). The molecule has 0 radical (unpaired) electrons. The average Bonchev–Trinajstić information content (AvgIpc) is 2.60. The number of aromatic amines is 1. The molecule has 0 fully saturated rings. The Hall–Kier alpha value is -1.66. The van der Waals surface area contributed by atoms with Crippen LogP contribution in [0, 0.1) is 5.82 Å². The summed E-state index contributed by atoms with van der Waals surface area (Å²) in [5, 5.41) is 0. The molecule has 0 aliphatic heterocycles. The molecule has 2 nitrogen and oxygen atoms in total. The maximum atomic E-state index is 12.9. The van der Waals surface area contributed by atoms with E-state index < -0.39 is 24.0 Å². The lowest BCUT2D eigenvalue weighted by Crippen LogP contribution is -2.25. The maximum absolute atomic E-state index is 12.9. The zero-order chi connectivity index (χ0) is 11.9. The van der Waals surface area contributed by atoms with Crippen LogP contribution >= 0.6 is 0 Å². The van der Waals surface area contributed by atoms with Crippen LogP contribution in [0.3, 0.4) is 0 Å². The Labute approximate surface area is 86.1 Å². The van der Waals surface area contributed by atoms with E-state index in [2.05, 4.69) is 4.98 Å². The highest BCUT2D eigenvalue weighted by molar-refractivity contribution is 5.75. The number of nitrogens with zero attached hydrogens (tertiary/aromatic N) is 1. The van der Waals surface area contributed by atoms with Crippen LogP contribution in [0.15, 0.2) is 18.2 Å². The Balaban J connectivity index is 2.55. The van der Waals surface area contributed by atoms with E-state index in [-0.39, 0.29) is 11.0 Å². The first kappa shape index (κ1) is 10.8. The van der Waals surface area contributed by atoms with Crippen molar-refractivity contribution in [3.63, 3.8) is 0 Å². The standard InChI is InChI=1S/C9H5F5N2/c10-4-1-2-5-6(3-4)16-8(15-5)9(13,14)7(11)12/h1-3,7H,(H,15,16). The van der Waals surface area contributed by atoms with Crippen molar-refractivity contribution in [2.24, 2.45) is 0 Å². The van der Waals surface area contributed by atoms with Gasteiger partial charge in [0.15, 0.2) is 5.82 Å². The van der Waals surface area contributed by atoms with Gasteiger partial charge in [-0.05, 0) is 18.2 Å². The highest BCUT2D eigenvalue weighted by atomic mass is 19.3. The first-order valence-electron chi connectivity index (χ1n) is 4.23. The number of aromatic nitrogens is 2. The lowest BCUT2D eigenvalue weighted by atomic mass is 10.3. The number of benzene rings is 1. The van der Waals surface area contributed by atoms with Gasteiger partial charge in [0.1, 0.15) is 5.82 Å². The molecule has 1 aromatic heterocycles. The van der Waals surface area contributed by atoms with Crippen LogP contribution in [0.25, 0.3) is 11.0 Å². The van der Waals surface area contributed by atoms with Crippen LogP contribution in [0.4, 0.5) is 22.0 Å². The van der Waals surface area contributed by atoms with Crippen molar-refractivity contribution in [2.45, 2.75) is 12.3 Å². The molecule has 7 heteroatoms. The Morgan fingerprint density at radius 1 is 1.25 bits per heavy atom. The average molecular weight is 236 g/mol. The molecule has 0 aliphatic rings. The third kappa shape index (κ3) is 1.62. The highest BCUT2D eigenvalue weighted by Gasteiger charge is 2.45. The normalized spacial score (nSPS) is 12.6. The number of hydrogen-bond acceptors (Lipinski definition) is 1. The summed E-state index contributed by atoms with van der Waals surface area (Å²) >= 11 is 0. The van der Waals surface area contributed by atoms with Gasteiger partial charge in [-0.25, -0.2) is 18.2 Å². The van der Waals surface area contributed by atoms with Crippen molar-refractivity contribution in [3.8, 4) is 0 Å². The highest BCUT2D eigenvalue weighted by Crippen LogP contribution is 2.33. The van der Waals surface area contributed by atoms with Crippen LogP contribution < -0.4 is 0 Å². The second kappa shape index (κ2) is 3.43. The van der Waals surface area contributed by atoms with Gasteiger partial charge < -0.3 is 4.98 Å². The molecule has 0 spiro atoms. The van der Waals surface area contributed by atoms with Crippen molar-refractivity contribution in [1.29, 1.82) is 0 Å². The number of nitrogens with one attached hydrogen (secondary N) is 1. The zero-order valence-corrected chi connectivity index (χ0v) is 7.65. The molecule has 16 heavy (non-hydrogen) atoms. The van der Waals surface area contributed by atoms with Crippen LogP contribution in [-0.2, 0) is 5.92 Å². The van der Waals surface area contributed by atoms with Crippen molar-refractivity contribution in [1.82, 2.24) is 9.97 Å². The molecule has 0 saturated heterocycles. The van der Waals surface area contributed by atoms with E-state index in [1.54, 1.807) is 0 Å². The van der Waals surface area contributed by atoms with Crippen molar-refractivity contribution >= 4 is 11.0 Å². The van der Waals surface area contributed by atoms with Crippen molar-refractivity contribution < 1.29 is 22.0 Å². The molecule has 0 aliphatic carbocycles. The molecular weight excluding hydrogens is 231 g/mol. The van der Waals surface area contributed by atoms with Crippen molar-refractivity contribution in [3.05, 3.63) is 29.8 Å². The quantitative estimate of drug-likeness (QED) is 0.797. The topological polar surface area (TPSA) is 28.7 Å². The number of fused-ring (bicyclic) bond motifs is 1. The van der Waals surface area contributed by atoms with E-state index in [1.165, 1.54) is 0 Å². The van der Waals surface area contributed by atoms with E-state index in [9.17, 15) is 22.0 Å². The van der Waals surface area contributed by atoms with Gasteiger partial charge >= 0.3 is 12.3 Å². The van der Waals surface area contributed by atoms with E-state index in [0.29, 0.717) is 0 Å². The van der Waals surface area contributed by atoms with Gasteiger partial charge in [0.2, 0.25) is 0 Å². The summed E-state index contributed by atoms with van der Waals surface area (Å²) < 4.78 is 62.5. The maximum Gasteiger partial charge on any atom is 0.363 e. The minimum atomic E-state index is -4.37. The van der Waals surface area contributed by atoms with Crippen LogP contribution in [-0.4, -0.2) is 16.4 Å². The Bertz CT molecular complexity index is 520. The summed E-state index contributed by atoms with van der Waals surface area (Å²) in [6.07, 6.45) is -3.86. The van der Waals surface area contributed by atoms with E-state index in [4.69, 9.17) is 0 Å². The minimum absolute atomic E-state index is 0.0109. The number of H-pyrrole nitrogens is 1. The fourth-order valence-electron chi connectivity index (χ4n) is 1.24. The van der Waals surface area contributed by atoms with E-state index in [1.807, 2.05) is 4.98 Å². The molecule has 0 saturated carbocycles. The van der Waals surface area contributed by atoms with Crippen LogP contribution in [0.1, 0.15) is 5.82 Å². The lowest BCUT2D eigenvalue weighted by Gasteiger charge is -2.11. The number of rotatable bonds is 2. The second-order valence-electron chi connectivity index (χ2n) is 3.17. The van der Waals surface area contributed by atoms with Crippen molar-refractivity contribution in [2.75, 3.05) is 0 Å². The lowest BCUT2D eigenvalue weighted by molar-refractivity contribution is -0.140. The summed E-state index contributed by atoms with van der Waals surface area (Å²) in [5.41, 5.74) is -0.0351. The van der Waals surface area contributed by atoms with Gasteiger partial charge in [-0.1, -0.05) is 0 Å². The zero-order valence-electron chi connectivity index (χ0n) is 7.65. The molecular formula is C9H5F5N2. The van der Waals surface area contributed by atoms with Gasteiger partial charge in [0, 0.05) is 0 Å². The predicted octanol–water partition coefficient (Wildman–Crippen LogP) is 3.06. The molecule has 1 heterocycles. The predicted molar refractivity (Wildman–Crippen MR) is 45.9 cm³/mol. The van der Waals surface area contributed by atoms with Gasteiger partial charge in [-0.15, -0.1) is 0 Å². The third-order valence-corrected chi connectivity index (χ3v) is 2.03. The first-order valence-corrected chi connectivity index (χ1v) is 4.23. The molecule has 0 amide bonds. The molecule has 86 valence electrons. The monoisotopic (exact) mass is 236 g/mol. The molecule has 1 N–H and O–H groups in total. The third-order valence-electron chi connectivity index (χ3n) is 2.03. The van der Waals surface area contributed by atoms with Gasteiger partial charge in [0.25, 0.3) is 0 Å². The number of alkyl halides is 4. The molecule has 2 aromatic rings. The van der Waals surface area contributed by atoms with Gasteiger partial charge in [0.05, 0.1) is 11.0 Å². The minimum Gasteiger partial charge on any atom is -0.337 e. The summed E-state index contributed by atoms with van der Waals surface area (Å²) in [6.45, 7) is 0. The second-order valence-corrected chi connectivity index (χ2v) is 3.17. The molecule has 0 unspecified atom stereocenters. The fourth-order valence-corrected chi connectivity index (χ4v) is 1.24. The molecule has 1 aromatic carbocycles. The fraction of sp³-hybridized carbons (Fsp3) is 0.222. The Morgan fingerprint density at radius 3 is 2.56 bits per heavy atom. The first-order chi connectivity index (χ1) is 7.41. The summed E-state index contributed by atoms with van der Waals surface area (Å²) in [5.74, 6) is -6.19. The number of imidazole rings is 1. The largest absolute Gasteiger partial charge is 0.363 e. The Kier molecular flexibility index (Phi) is 2.32. The summed E-state index contributed by atoms with van der Waals surface area (Å²) in [6, 6.07) is 3.05. The van der Waals surface area contributed by atoms with Crippen LogP contribution in [0.2, 0.25) is 0 Å². The van der Waals surface area contributed by atoms with Crippen LogP contribution in [0.5, 0.6) is 0 Å². The van der Waals surface area contributed by atoms with Gasteiger partial charge in [-0.2, -0.15) is 8.78 Å². The number of hydrogen-bond donors (Lipinski definition) is 1. The smallest absolute Gasteiger partial charge is 0.337 e. The van der Waals surface area contributed by atoms with E-state index in [0.717, 1.165) is 18.2 Å².